The average Bonchev–Trinajstić information content (AvgIpc) is 2.32. The van der Waals surface area contributed by atoms with Crippen LogP contribution < -0.4 is 0 Å². The molecule has 1 heterocycles. The van der Waals surface area contributed by atoms with E-state index in [2.05, 4.69) is 21.0 Å². The number of halogens is 1. The highest BCUT2D eigenvalue weighted by Crippen LogP contribution is 2.08. The SMILES string of the molecule is COCn1nc(Br)cc1C=O. The Bertz CT molecular complexity index is 259. The molecule has 0 aliphatic carbocycles. The number of carbonyl (C=O) groups excluding carboxylic acids is 1. The Morgan fingerprint density at radius 1 is 1.91 bits per heavy atom. The number of nitrogens with zero attached hydrogens (tertiary/aromatic N) is 2. The van der Waals surface area contributed by atoms with Gasteiger partial charge in [0.25, 0.3) is 0 Å². The molecule has 0 atom stereocenters. The lowest BCUT2D eigenvalue weighted by molar-refractivity contribution is 0.104. The van der Waals surface area contributed by atoms with Gasteiger partial charge in [0.1, 0.15) is 17.0 Å². The third-order valence-electron chi connectivity index (χ3n) is 1.15. The van der Waals surface area contributed by atoms with Gasteiger partial charge in [-0.3, -0.25) is 4.79 Å². The number of ether oxygens (including phenoxy) is 1. The summed E-state index contributed by atoms with van der Waals surface area (Å²) in [6.45, 7) is 0.291. The minimum atomic E-state index is 0.291. The van der Waals surface area contributed by atoms with Crippen molar-refractivity contribution in [1.82, 2.24) is 9.78 Å². The molecule has 4 nitrogen and oxygen atoms in total. The van der Waals surface area contributed by atoms with Gasteiger partial charge in [0.05, 0.1) is 0 Å². The number of hydrogen-bond donors (Lipinski definition) is 0. The predicted molar refractivity (Wildman–Crippen MR) is 42.3 cm³/mol. The summed E-state index contributed by atoms with van der Waals surface area (Å²) in [6.07, 6.45) is 0.733. The smallest absolute Gasteiger partial charge is 0.168 e. The van der Waals surface area contributed by atoms with Crippen LogP contribution in [0.5, 0.6) is 0 Å². The van der Waals surface area contributed by atoms with E-state index >= 15 is 0 Å². The number of rotatable bonds is 3. The van der Waals surface area contributed by atoms with Crippen molar-refractivity contribution < 1.29 is 9.53 Å². The molecule has 0 aliphatic heterocycles. The molecule has 60 valence electrons. The highest BCUT2D eigenvalue weighted by molar-refractivity contribution is 9.10. The topological polar surface area (TPSA) is 44.1 Å². The van der Waals surface area contributed by atoms with E-state index in [1.807, 2.05) is 0 Å². The van der Waals surface area contributed by atoms with Crippen molar-refractivity contribution in [2.45, 2.75) is 6.73 Å². The van der Waals surface area contributed by atoms with Gasteiger partial charge in [-0.2, -0.15) is 5.10 Å². The Morgan fingerprint density at radius 2 is 2.64 bits per heavy atom. The van der Waals surface area contributed by atoms with Crippen molar-refractivity contribution in [3.05, 3.63) is 16.4 Å². The number of aromatic nitrogens is 2. The van der Waals surface area contributed by atoms with E-state index in [0.717, 1.165) is 6.29 Å². The van der Waals surface area contributed by atoms with Gasteiger partial charge in [0.2, 0.25) is 0 Å². The summed E-state index contributed by atoms with van der Waals surface area (Å²) in [7, 11) is 1.55. The molecule has 0 bridgehead atoms. The highest BCUT2D eigenvalue weighted by atomic mass is 79.9. The van der Waals surface area contributed by atoms with E-state index in [4.69, 9.17) is 4.74 Å². The molecule has 11 heavy (non-hydrogen) atoms. The Hall–Kier alpha value is -0.680. The molecular formula is C6H7BrN2O2. The molecule has 0 radical (unpaired) electrons. The Kier molecular flexibility index (Phi) is 2.78. The van der Waals surface area contributed by atoms with E-state index in [9.17, 15) is 4.79 Å². The summed E-state index contributed by atoms with van der Waals surface area (Å²) in [4.78, 5) is 10.4. The van der Waals surface area contributed by atoms with Gasteiger partial charge in [0, 0.05) is 13.2 Å². The zero-order valence-electron chi connectivity index (χ0n) is 5.95. The number of methoxy groups -OCH3 is 1. The first-order chi connectivity index (χ1) is 5.27. The number of aldehydes is 1. The van der Waals surface area contributed by atoms with Gasteiger partial charge in [-0.05, 0) is 15.9 Å². The Morgan fingerprint density at radius 3 is 3.18 bits per heavy atom. The van der Waals surface area contributed by atoms with Crippen molar-refractivity contribution in [3.8, 4) is 0 Å². The maximum absolute atomic E-state index is 10.4. The van der Waals surface area contributed by atoms with Gasteiger partial charge in [-0.25, -0.2) is 4.68 Å². The molecule has 0 amide bonds. The molecule has 5 heteroatoms. The summed E-state index contributed by atoms with van der Waals surface area (Å²) in [5, 5.41) is 3.95. The van der Waals surface area contributed by atoms with Crippen molar-refractivity contribution in [1.29, 1.82) is 0 Å². The maximum atomic E-state index is 10.4. The second-order valence-corrected chi connectivity index (χ2v) is 2.74. The van der Waals surface area contributed by atoms with Crippen LogP contribution >= 0.6 is 15.9 Å². The molecule has 0 aromatic carbocycles. The zero-order chi connectivity index (χ0) is 8.27. The second-order valence-electron chi connectivity index (χ2n) is 1.93. The van der Waals surface area contributed by atoms with Crippen LogP contribution in [0.1, 0.15) is 10.5 Å². The van der Waals surface area contributed by atoms with E-state index < -0.39 is 0 Å². The molecule has 1 aromatic rings. The average molecular weight is 219 g/mol. The quantitative estimate of drug-likeness (QED) is 0.714. The normalized spacial score (nSPS) is 10.0. The lowest BCUT2D eigenvalue weighted by atomic mass is 10.5. The van der Waals surface area contributed by atoms with Crippen LogP contribution in [0.25, 0.3) is 0 Å². The summed E-state index contributed by atoms with van der Waals surface area (Å²) >= 11 is 3.15. The number of hydrogen-bond acceptors (Lipinski definition) is 3. The molecule has 0 saturated heterocycles. The fraction of sp³-hybridized carbons (Fsp3) is 0.333. The molecule has 0 unspecified atom stereocenters. The first-order valence-corrected chi connectivity index (χ1v) is 3.74. The monoisotopic (exact) mass is 218 g/mol. The fourth-order valence-electron chi connectivity index (χ4n) is 0.719. The predicted octanol–water partition coefficient (Wildman–Crippen LogP) is 1.06. The Labute approximate surface area is 72.3 Å². The van der Waals surface area contributed by atoms with Gasteiger partial charge in [-0.1, -0.05) is 0 Å². The lowest BCUT2D eigenvalue weighted by Crippen LogP contribution is -2.05. The summed E-state index contributed by atoms with van der Waals surface area (Å²) in [5.41, 5.74) is 0.499. The van der Waals surface area contributed by atoms with Gasteiger partial charge >= 0.3 is 0 Å². The molecule has 0 aliphatic rings. The minimum Gasteiger partial charge on any atom is -0.362 e. The van der Waals surface area contributed by atoms with Crippen LogP contribution in [-0.4, -0.2) is 23.2 Å². The second kappa shape index (κ2) is 3.64. The van der Waals surface area contributed by atoms with E-state index in [0.29, 0.717) is 17.0 Å². The molecular weight excluding hydrogens is 212 g/mol. The van der Waals surface area contributed by atoms with Crippen molar-refractivity contribution in [2.75, 3.05) is 7.11 Å². The first-order valence-electron chi connectivity index (χ1n) is 2.95. The van der Waals surface area contributed by atoms with Crippen molar-refractivity contribution in [2.24, 2.45) is 0 Å². The van der Waals surface area contributed by atoms with Gasteiger partial charge in [-0.15, -0.1) is 0 Å². The fourth-order valence-corrected chi connectivity index (χ4v) is 1.14. The van der Waals surface area contributed by atoms with Gasteiger partial charge < -0.3 is 4.74 Å². The molecule has 0 N–H and O–H groups in total. The summed E-state index contributed by atoms with van der Waals surface area (Å²) < 4.78 is 6.91. The molecule has 0 saturated carbocycles. The van der Waals surface area contributed by atoms with Crippen LogP contribution in [0, 0.1) is 0 Å². The van der Waals surface area contributed by atoms with E-state index in [1.54, 1.807) is 13.2 Å². The van der Waals surface area contributed by atoms with E-state index in [1.165, 1.54) is 4.68 Å². The zero-order valence-corrected chi connectivity index (χ0v) is 7.54. The standard InChI is InChI=1S/C6H7BrN2O2/c1-11-4-9-5(3-10)2-6(7)8-9/h2-3H,4H2,1H3. The van der Waals surface area contributed by atoms with Crippen LogP contribution in [0.15, 0.2) is 10.7 Å². The third kappa shape index (κ3) is 1.87. The third-order valence-corrected chi connectivity index (χ3v) is 1.54. The Balaban J connectivity index is 2.92. The molecule has 1 aromatic heterocycles. The molecule has 0 spiro atoms. The number of carbonyl (C=O) groups is 1. The van der Waals surface area contributed by atoms with Crippen molar-refractivity contribution >= 4 is 22.2 Å². The van der Waals surface area contributed by atoms with Crippen LogP contribution in [-0.2, 0) is 11.5 Å². The van der Waals surface area contributed by atoms with Crippen LogP contribution in [0.3, 0.4) is 0 Å². The largest absolute Gasteiger partial charge is 0.362 e. The first kappa shape index (κ1) is 8.42. The highest BCUT2D eigenvalue weighted by Gasteiger charge is 2.02. The summed E-state index contributed by atoms with van der Waals surface area (Å²) in [5.74, 6) is 0. The minimum absolute atomic E-state index is 0.291. The van der Waals surface area contributed by atoms with E-state index in [-0.39, 0.29) is 0 Å². The van der Waals surface area contributed by atoms with Gasteiger partial charge in [0.15, 0.2) is 6.29 Å². The summed E-state index contributed by atoms with van der Waals surface area (Å²) in [6, 6.07) is 1.63. The molecule has 0 fully saturated rings. The van der Waals surface area contributed by atoms with Crippen molar-refractivity contribution in [3.63, 3.8) is 0 Å². The van der Waals surface area contributed by atoms with Crippen LogP contribution in [0.2, 0.25) is 0 Å². The lowest BCUT2D eigenvalue weighted by Gasteiger charge is -1.98. The molecule has 1 rings (SSSR count). The maximum Gasteiger partial charge on any atom is 0.168 e. The van der Waals surface area contributed by atoms with Crippen LogP contribution in [0.4, 0.5) is 0 Å².